The minimum atomic E-state index is -0.980. The molecule has 0 fully saturated rings. The molecule has 5 nitrogen and oxygen atoms in total. The Morgan fingerprint density at radius 2 is 1.82 bits per heavy atom. The van der Waals surface area contributed by atoms with Gasteiger partial charge in [0.2, 0.25) is 0 Å². The van der Waals surface area contributed by atoms with Gasteiger partial charge in [-0.25, -0.2) is 4.79 Å². The number of aromatic amines is 1. The van der Waals surface area contributed by atoms with E-state index < -0.39 is 5.97 Å². The highest BCUT2D eigenvalue weighted by atomic mass is 32.1. The molecule has 2 N–H and O–H groups in total. The fourth-order valence-corrected chi connectivity index (χ4v) is 2.54. The summed E-state index contributed by atoms with van der Waals surface area (Å²) in [6, 6.07) is 13.6. The van der Waals surface area contributed by atoms with Crippen LogP contribution in [0.4, 0.5) is 0 Å². The SMILES string of the molecule is O=C(O)c1ccc(Cn2c(=S)[nH]c3ccccc3c2=O)cc1. The van der Waals surface area contributed by atoms with Gasteiger partial charge in [-0.05, 0) is 42.0 Å². The third kappa shape index (κ3) is 2.56. The van der Waals surface area contributed by atoms with E-state index in [0.717, 1.165) is 5.56 Å². The topological polar surface area (TPSA) is 75.1 Å². The number of aromatic carboxylic acids is 1. The van der Waals surface area contributed by atoms with Crippen LogP contribution in [0.3, 0.4) is 0 Å². The summed E-state index contributed by atoms with van der Waals surface area (Å²) in [5.74, 6) is -0.980. The molecule has 0 aliphatic carbocycles. The van der Waals surface area contributed by atoms with Gasteiger partial charge in [0.25, 0.3) is 5.56 Å². The Bertz CT molecular complexity index is 971. The summed E-state index contributed by atoms with van der Waals surface area (Å²) in [6.45, 7) is 0.291. The van der Waals surface area contributed by atoms with Crippen molar-refractivity contribution in [2.75, 3.05) is 0 Å². The van der Waals surface area contributed by atoms with Gasteiger partial charge >= 0.3 is 5.97 Å². The van der Waals surface area contributed by atoms with Gasteiger partial charge < -0.3 is 10.1 Å². The zero-order valence-corrected chi connectivity index (χ0v) is 12.3. The van der Waals surface area contributed by atoms with Crippen molar-refractivity contribution in [3.8, 4) is 0 Å². The number of carboxylic acids is 1. The molecule has 0 unspecified atom stereocenters. The second-order valence-corrected chi connectivity index (χ2v) is 5.26. The summed E-state index contributed by atoms with van der Waals surface area (Å²) >= 11 is 5.25. The van der Waals surface area contributed by atoms with Crippen molar-refractivity contribution in [3.05, 3.63) is 74.8 Å². The Labute approximate surface area is 130 Å². The van der Waals surface area contributed by atoms with Crippen LogP contribution in [0.5, 0.6) is 0 Å². The van der Waals surface area contributed by atoms with Crippen LogP contribution in [0, 0.1) is 4.77 Å². The molecule has 1 aromatic heterocycles. The zero-order valence-electron chi connectivity index (χ0n) is 11.4. The van der Waals surface area contributed by atoms with Crippen LogP contribution in [0.25, 0.3) is 10.9 Å². The second kappa shape index (κ2) is 5.57. The van der Waals surface area contributed by atoms with Crippen molar-refractivity contribution in [2.24, 2.45) is 0 Å². The fourth-order valence-electron chi connectivity index (χ4n) is 2.28. The van der Waals surface area contributed by atoms with Crippen LogP contribution in [0.2, 0.25) is 0 Å². The molecule has 0 atom stereocenters. The molecule has 3 aromatic rings. The van der Waals surface area contributed by atoms with Crippen molar-refractivity contribution in [1.29, 1.82) is 0 Å². The van der Waals surface area contributed by atoms with Crippen LogP contribution in [0.1, 0.15) is 15.9 Å². The average Bonchev–Trinajstić information content (AvgIpc) is 2.52. The highest BCUT2D eigenvalue weighted by molar-refractivity contribution is 7.71. The number of carbonyl (C=O) groups is 1. The molecule has 0 aliphatic heterocycles. The van der Waals surface area contributed by atoms with E-state index in [-0.39, 0.29) is 11.1 Å². The fraction of sp³-hybridized carbons (Fsp3) is 0.0625. The molecule has 3 rings (SSSR count). The molecule has 22 heavy (non-hydrogen) atoms. The highest BCUT2D eigenvalue weighted by Crippen LogP contribution is 2.09. The van der Waals surface area contributed by atoms with Crippen molar-refractivity contribution in [3.63, 3.8) is 0 Å². The lowest BCUT2D eigenvalue weighted by Gasteiger charge is -2.08. The normalized spacial score (nSPS) is 10.7. The number of carboxylic acid groups (broad SMARTS) is 1. The van der Waals surface area contributed by atoms with E-state index in [0.29, 0.717) is 22.2 Å². The Kier molecular flexibility index (Phi) is 3.60. The van der Waals surface area contributed by atoms with Crippen LogP contribution in [-0.4, -0.2) is 20.6 Å². The Balaban J connectivity index is 2.05. The van der Waals surface area contributed by atoms with Crippen molar-refractivity contribution in [1.82, 2.24) is 9.55 Å². The number of nitrogens with one attached hydrogen (secondary N) is 1. The minimum absolute atomic E-state index is 0.165. The molecule has 0 saturated carbocycles. The van der Waals surface area contributed by atoms with Crippen LogP contribution in [-0.2, 0) is 6.54 Å². The van der Waals surface area contributed by atoms with E-state index in [4.69, 9.17) is 17.3 Å². The molecule has 0 saturated heterocycles. The molecule has 2 aromatic carbocycles. The number of nitrogens with zero attached hydrogens (tertiary/aromatic N) is 1. The third-order valence-corrected chi connectivity index (χ3v) is 3.75. The first kappa shape index (κ1) is 14.2. The number of aromatic nitrogens is 2. The average molecular weight is 312 g/mol. The first-order valence-corrected chi connectivity index (χ1v) is 7.01. The molecule has 0 spiro atoms. The van der Waals surface area contributed by atoms with Gasteiger partial charge in [-0.15, -0.1) is 0 Å². The number of H-pyrrole nitrogens is 1. The molecule has 6 heteroatoms. The first-order chi connectivity index (χ1) is 10.6. The molecule has 0 radical (unpaired) electrons. The Morgan fingerprint density at radius 3 is 2.50 bits per heavy atom. The summed E-state index contributed by atoms with van der Waals surface area (Å²) in [5, 5.41) is 9.46. The maximum atomic E-state index is 12.5. The lowest BCUT2D eigenvalue weighted by molar-refractivity contribution is 0.0697. The van der Waals surface area contributed by atoms with Gasteiger partial charge in [0.05, 0.1) is 23.0 Å². The minimum Gasteiger partial charge on any atom is -0.478 e. The van der Waals surface area contributed by atoms with Gasteiger partial charge in [-0.1, -0.05) is 24.3 Å². The highest BCUT2D eigenvalue weighted by Gasteiger charge is 2.07. The number of benzene rings is 2. The van der Waals surface area contributed by atoms with Gasteiger partial charge in [0, 0.05) is 0 Å². The Hall–Kier alpha value is -2.73. The zero-order chi connectivity index (χ0) is 15.7. The quantitative estimate of drug-likeness (QED) is 0.729. The van der Waals surface area contributed by atoms with Gasteiger partial charge in [0.1, 0.15) is 0 Å². The monoisotopic (exact) mass is 312 g/mol. The van der Waals surface area contributed by atoms with E-state index in [9.17, 15) is 9.59 Å². The smallest absolute Gasteiger partial charge is 0.335 e. The van der Waals surface area contributed by atoms with Crippen LogP contribution in [0.15, 0.2) is 53.3 Å². The first-order valence-electron chi connectivity index (χ1n) is 6.60. The predicted molar refractivity (Wildman–Crippen MR) is 85.9 cm³/mol. The molecule has 1 heterocycles. The summed E-state index contributed by atoms with van der Waals surface area (Å²) < 4.78 is 1.80. The standard InChI is InChI=1S/C16H12N2O3S/c19-14-12-3-1-2-4-13(12)17-16(22)18(14)9-10-5-7-11(8-6-10)15(20)21/h1-8H,9H2,(H,17,22)(H,20,21). The van der Waals surface area contributed by atoms with Gasteiger partial charge in [-0.3, -0.25) is 9.36 Å². The van der Waals surface area contributed by atoms with E-state index in [1.165, 1.54) is 16.7 Å². The van der Waals surface area contributed by atoms with Crippen molar-refractivity contribution in [2.45, 2.75) is 6.54 Å². The Morgan fingerprint density at radius 1 is 1.14 bits per heavy atom. The van der Waals surface area contributed by atoms with Crippen LogP contribution >= 0.6 is 12.2 Å². The summed E-state index contributed by atoms with van der Waals surface area (Å²) in [4.78, 5) is 26.4. The molecular weight excluding hydrogens is 300 g/mol. The molecule has 110 valence electrons. The lowest BCUT2D eigenvalue weighted by atomic mass is 10.1. The molecule has 0 amide bonds. The molecular formula is C16H12N2O3S. The predicted octanol–water partition coefficient (Wildman–Crippen LogP) is 2.81. The largest absolute Gasteiger partial charge is 0.478 e. The van der Waals surface area contributed by atoms with Gasteiger partial charge in [-0.2, -0.15) is 0 Å². The maximum absolute atomic E-state index is 12.5. The van der Waals surface area contributed by atoms with E-state index in [2.05, 4.69) is 4.98 Å². The second-order valence-electron chi connectivity index (χ2n) is 4.87. The van der Waals surface area contributed by atoms with Crippen molar-refractivity contribution >= 4 is 29.1 Å². The number of fused-ring (bicyclic) bond motifs is 1. The van der Waals surface area contributed by atoms with E-state index in [1.807, 2.05) is 6.07 Å². The summed E-state index contributed by atoms with van der Waals surface area (Å²) in [6.07, 6.45) is 0. The molecule has 0 bridgehead atoms. The summed E-state index contributed by atoms with van der Waals surface area (Å²) in [5.41, 5.74) is 1.55. The number of rotatable bonds is 3. The van der Waals surface area contributed by atoms with Crippen LogP contribution < -0.4 is 5.56 Å². The van der Waals surface area contributed by atoms with Gasteiger partial charge in [0.15, 0.2) is 4.77 Å². The number of para-hydroxylation sites is 1. The van der Waals surface area contributed by atoms with E-state index >= 15 is 0 Å². The maximum Gasteiger partial charge on any atom is 0.335 e. The van der Waals surface area contributed by atoms with E-state index in [1.54, 1.807) is 30.3 Å². The number of hydrogen-bond acceptors (Lipinski definition) is 3. The number of hydrogen-bond donors (Lipinski definition) is 2. The lowest BCUT2D eigenvalue weighted by Crippen LogP contribution is -2.22. The van der Waals surface area contributed by atoms with Crippen molar-refractivity contribution < 1.29 is 9.90 Å². The summed E-state index contributed by atoms with van der Waals surface area (Å²) in [7, 11) is 0. The third-order valence-electron chi connectivity index (χ3n) is 3.43. The molecule has 0 aliphatic rings.